The third-order valence-corrected chi connectivity index (χ3v) is 3.30. The summed E-state index contributed by atoms with van der Waals surface area (Å²) < 4.78 is 11.4. The van der Waals surface area contributed by atoms with Crippen LogP contribution >= 0.6 is 11.6 Å². The maximum atomic E-state index is 12.6. The lowest BCUT2D eigenvalue weighted by molar-refractivity contribution is -0.140. The van der Waals surface area contributed by atoms with E-state index in [0.29, 0.717) is 30.4 Å². The lowest BCUT2D eigenvalue weighted by Crippen LogP contribution is -2.36. The average Bonchev–Trinajstić information content (AvgIpc) is 2.87. The van der Waals surface area contributed by atoms with Crippen LogP contribution in [-0.4, -0.2) is 55.3 Å². The maximum Gasteiger partial charge on any atom is 0.307 e. The third-order valence-electron chi connectivity index (χ3n) is 3.09. The summed E-state index contributed by atoms with van der Waals surface area (Å²) in [6.45, 7) is 3.65. The van der Waals surface area contributed by atoms with E-state index in [9.17, 15) is 9.59 Å². The lowest BCUT2D eigenvalue weighted by atomic mass is 10.3. The van der Waals surface area contributed by atoms with Gasteiger partial charge in [-0.1, -0.05) is 11.6 Å². The number of aromatic nitrogens is 1. The largest absolute Gasteiger partial charge is 0.469 e. The molecule has 0 aliphatic rings. The van der Waals surface area contributed by atoms with Gasteiger partial charge in [-0.15, -0.1) is 0 Å². The fourth-order valence-corrected chi connectivity index (χ4v) is 2.14. The molecule has 0 spiro atoms. The van der Waals surface area contributed by atoms with Crippen molar-refractivity contribution in [2.75, 3.05) is 33.9 Å². The molecule has 0 bridgehead atoms. The van der Waals surface area contributed by atoms with Crippen molar-refractivity contribution in [3.63, 3.8) is 0 Å². The van der Waals surface area contributed by atoms with Crippen LogP contribution in [0.4, 0.5) is 0 Å². The van der Waals surface area contributed by atoms with Crippen molar-refractivity contribution in [3.05, 3.63) is 23.0 Å². The predicted octanol–water partition coefficient (Wildman–Crippen LogP) is 1.81. The molecule has 0 radical (unpaired) electrons. The number of carbonyl (C=O) groups excluding carboxylic acids is 2. The lowest BCUT2D eigenvalue weighted by Gasteiger charge is -2.22. The molecule has 1 rings (SSSR count). The monoisotopic (exact) mass is 316 g/mol. The van der Waals surface area contributed by atoms with Crippen LogP contribution in [0.2, 0.25) is 5.02 Å². The van der Waals surface area contributed by atoms with E-state index < -0.39 is 0 Å². The maximum absolute atomic E-state index is 12.6. The molecule has 6 nitrogen and oxygen atoms in total. The van der Waals surface area contributed by atoms with E-state index in [2.05, 4.69) is 4.74 Å². The summed E-state index contributed by atoms with van der Waals surface area (Å²) in [5.74, 6) is -0.529. The number of rotatable bonds is 8. The van der Waals surface area contributed by atoms with Crippen molar-refractivity contribution < 1.29 is 19.1 Å². The minimum atomic E-state index is -0.353. The van der Waals surface area contributed by atoms with Gasteiger partial charge in [-0.25, -0.2) is 0 Å². The first-order chi connectivity index (χ1) is 10.0. The number of methoxy groups -OCH3 is 2. The summed E-state index contributed by atoms with van der Waals surface area (Å²) >= 11 is 5.96. The number of aryl methyl sites for hydroxylation is 1. The summed E-state index contributed by atoms with van der Waals surface area (Å²) in [6.07, 6.45) is 1.86. The Kier molecular flexibility index (Phi) is 7.25. The highest BCUT2D eigenvalue weighted by Crippen LogP contribution is 2.16. The fourth-order valence-electron chi connectivity index (χ4n) is 1.92. The summed E-state index contributed by atoms with van der Waals surface area (Å²) in [5.41, 5.74) is 0.503. The van der Waals surface area contributed by atoms with Crippen LogP contribution in [-0.2, 0) is 20.8 Å². The summed E-state index contributed by atoms with van der Waals surface area (Å²) in [7, 11) is 2.89. The molecule has 0 aromatic carbocycles. The summed E-state index contributed by atoms with van der Waals surface area (Å²) in [5, 5.41) is 0.514. The molecule has 0 saturated carbocycles. The van der Waals surface area contributed by atoms with Gasteiger partial charge in [0.1, 0.15) is 5.69 Å². The van der Waals surface area contributed by atoms with Crippen molar-refractivity contribution in [2.45, 2.75) is 19.9 Å². The van der Waals surface area contributed by atoms with Gasteiger partial charge in [0.25, 0.3) is 5.91 Å². The van der Waals surface area contributed by atoms with E-state index in [1.54, 1.807) is 28.8 Å². The van der Waals surface area contributed by atoms with Gasteiger partial charge in [-0.2, -0.15) is 0 Å². The number of esters is 1. The average molecular weight is 317 g/mol. The molecule has 1 heterocycles. The first-order valence-corrected chi connectivity index (χ1v) is 7.12. The molecule has 0 atom stereocenters. The molecule has 21 heavy (non-hydrogen) atoms. The Morgan fingerprint density at radius 2 is 2.05 bits per heavy atom. The molecule has 0 fully saturated rings. The number of ether oxygens (including phenoxy) is 2. The van der Waals surface area contributed by atoms with Gasteiger partial charge in [0.2, 0.25) is 0 Å². The molecule has 1 amide bonds. The van der Waals surface area contributed by atoms with Gasteiger partial charge in [0, 0.05) is 32.9 Å². The van der Waals surface area contributed by atoms with Crippen LogP contribution in [0.3, 0.4) is 0 Å². The van der Waals surface area contributed by atoms with Crippen LogP contribution in [0.1, 0.15) is 23.8 Å². The highest BCUT2D eigenvalue weighted by molar-refractivity contribution is 6.31. The van der Waals surface area contributed by atoms with Crippen molar-refractivity contribution in [3.8, 4) is 0 Å². The van der Waals surface area contributed by atoms with Crippen LogP contribution < -0.4 is 0 Å². The zero-order chi connectivity index (χ0) is 15.8. The molecule has 0 saturated heterocycles. The number of hydrogen-bond acceptors (Lipinski definition) is 4. The van der Waals surface area contributed by atoms with E-state index >= 15 is 0 Å². The Balaban J connectivity index is 2.84. The predicted molar refractivity (Wildman–Crippen MR) is 79.5 cm³/mol. The standard InChI is InChI=1S/C14H21ClN2O4/c1-4-16-10-11(15)9-12(16)14(19)17(7-8-20-2)6-5-13(18)21-3/h9-10H,4-8H2,1-3H3. The first-order valence-electron chi connectivity index (χ1n) is 6.74. The normalized spacial score (nSPS) is 10.5. The van der Waals surface area contributed by atoms with Crippen molar-refractivity contribution in [1.29, 1.82) is 0 Å². The SMILES string of the molecule is CCn1cc(Cl)cc1C(=O)N(CCOC)CCC(=O)OC. The van der Waals surface area contributed by atoms with Crippen molar-refractivity contribution in [1.82, 2.24) is 9.47 Å². The topological polar surface area (TPSA) is 60.8 Å². The highest BCUT2D eigenvalue weighted by Gasteiger charge is 2.20. The number of hydrogen-bond donors (Lipinski definition) is 0. The molecular weight excluding hydrogens is 296 g/mol. The third kappa shape index (κ3) is 5.06. The van der Waals surface area contributed by atoms with Gasteiger partial charge in [0.15, 0.2) is 0 Å². The molecule has 0 aliphatic carbocycles. The van der Waals surface area contributed by atoms with Crippen molar-refractivity contribution >= 4 is 23.5 Å². The Bertz CT molecular complexity index is 487. The minimum Gasteiger partial charge on any atom is -0.469 e. The summed E-state index contributed by atoms with van der Waals surface area (Å²) in [4.78, 5) is 25.4. The Morgan fingerprint density at radius 3 is 2.62 bits per heavy atom. The summed E-state index contributed by atoms with van der Waals surface area (Å²) in [6, 6.07) is 1.63. The molecule has 0 unspecified atom stereocenters. The quantitative estimate of drug-likeness (QED) is 0.686. The number of nitrogens with zero attached hydrogens (tertiary/aromatic N) is 2. The smallest absolute Gasteiger partial charge is 0.307 e. The number of halogens is 1. The van der Waals surface area contributed by atoms with Gasteiger partial charge < -0.3 is 18.9 Å². The molecule has 0 aliphatic heterocycles. The number of amides is 1. The molecule has 118 valence electrons. The molecule has 7 heteroatoms. The molecule has 0 N–H and O–H groups in total. The molecule has 1 aromatic heterocycles. The van der Waals surface area contributed by atoms with Gasteiger partial charge in [0.05, 0.1) is 25.2 Å². The van der Waals surface area contributed by atoms with Crippen LogP contribution in [0.5, 0.6) is 0 Å². The zero-order valence-corrected chi connectivity index (χ0v) is 13.4. The van der Waals surface area contributed by atoms with Crippen LogP contribution in [0.25, 0.3) is 0 Å². The second-order valence-corrected chi connectivity index (χ2v) is 4.88. The highest BCUT2D eigenvalue weighted by atomic mass is 35.5. The Hall–Kier alpha value is -1.53. The zero-order valence-electron chi connectivity index (χ0n) is 12.6. The van der Waals surface area contributed by atoms with Crippen LogP contribution in [0.15, 0.2) is 12.3 Å². The second-order valence-electron chi connectivity index (χ2n) is 4.44. The van der Waals surface area contributed by atoms with Gasteiger partial charge in [-0.05, 0) is 13.0 Å². The molecule has 1 aromatic rings. The van der Waals surface area contributed by atoms with E-state index in [0.717, 1.165) is 0 Å². The van der Waals surface area contributed by atoms with E-state index in [-0.39, 0.29) is 24.8 Å². The van der Waals surface area contributed by atoms with Crippen LogP contribution in [0, 0.1) is 0 Å². The Labute approximate surface area is 129 Å². The molecular formula is C14H21ClN2O4. The first kappa shape index (κ1) is 17.5. The van der Waals surface area contributed by atoms with E-state index in [4.69, 9.17) is 16.3 Å². The van der Waals surface area contributed by atoms with Gasteiger partial charge >= 0.3 is 5.97 Å². The van der Waals surface area contributed by atoms with E-state index in [1.807, 2.05) is 6.92 Å². The Morgan fingerprint density at radius 1 is 1.33 bits per heavy atom. The number of carbonyl (C=O) groups is 2. The van der Waals surface area contributed by atoms with Crippen molar-refractivity contribution in [2.24, 2.45) is 0 Å². The fraction of sp³-hybridized carbons (Fsp3) is 0.571. The minimum absolute atomic E-state index is 0.145. The second kappa shape index (κ2) is 8.69. The van der Waals surface area contributed by atoms with Gasteiger partial charge in [-0.3, -0.25) is 9.59 Å². The van der Waals surface area contributed by atoms with E-state index in [1.165, 1.54) is 7.11 Å².